The maximum Gasteiger partial charge on any atom is 0.159 e. The number of phenols is 2. The van der Waals surface area contributed by atoms with Gasteiger partial charge in [-0.15, -0.1) is 0 Å². The second kappa shape index (κ2) is 15.8. The van der Waals surface area contributed by atoms with Gasteiger partial charge < -0.3 is 24.4 Å². The number of nitrogens with zero attached hydrogens (tertiary/aromatic N) is 2. The van der Waals surface area contributed by atoms with Crippen LogP contribution in [0.5, 0.6) is 11.5 Å². The van der Waals surface area contributed by atoms with Crippen LogP contribution in [-0.2, 0) is 0 Å². The molecular weight excluding hydrogens is 773 g/mol. The molecule has 0 amide bonds. The largest absolute Gasteiger partial charge is 0.507 e. The fraction of sp³-hybridized carbons (Fsp3) is 0. The van der Waals surface area contributed by atoms with E-state index in [-0.39, 0.29) is 11.5 Å². The Morgan fingerprint density at radius 3 is 1.37 bits per heavy atom. The maximum atomic E-state index is 11.7. The molecule has 10 aromatic carbocycles. The maximum absolute atomic E-state index is 11.7. The van der Waals surface area contributed by atoms with Crippen molar-refractivity contribution in [3.8, 4) is 44.9 Å². The third-order valence-corrected chi connectivity index (χ3v) is 11.9. The first kappa shape index (κ1) is 37.5. The molecule has 1 heterocycles. The van der Waals surface area contributed by atoms with E-state index in [2.05, 4.69) is 119 Å². The van der Waals surface area contributed by atoms with Crippen LogP contribution in [0, 0.1) is 0 Å². The molecule has 0 atom stereocenters. The smallest absolute Gasteiger partial charge is 0.159 e. The molecule has 0 saturated heterocycles. The first-order chi connectivity index (χ1) is 31.1. The number of phenolic OH excluding ortho intramolecular Hbond substituents is 2. The van der Waals surface area contributed by atoms with Crippen LogP contribution in [0.3, 0.4) is 0 Å². The van der Waals surface area contributed by atoms with Crippen LogP contribution in [-0.4, -0.2) is 10.2 Å². The van der Waals surface area contributed by atoms with E-state index >= 15 is 0 Å². The second-order valence-corrected chi connectivity index (χ2v) is 15.6. The molecule has 11 rings (SSSR count). The van der Waals surface area contributed by atoms with Crippen molar-refractivity contribution in [2.24, 2.45) is 0 Å². The van der Waals surface area contributed by atoms with Crippen LogP contribution < -0.4 is 9.80 Å². The predicted octanol–water partition coefficient (Wildman–Crippen LogP) is 16.1. The molecule has 11 aromatic rings. The molecule has 0 saturated carbocycles. The SMILES string of the molecule is Oc1cc(-c2ccc(N(c3ccccc3)c3cccc4c3oc3ccccc34)cc2)ccc1-c1cccc2c(-c3ccc(N(c4ccccc4)c4ccccc4)cc3O)cccc12. The standard InChI is InChI=1S/C58H40N2O3/c61-55-37-40(39-29-32-44(33-30-39)60(43-19-8-3-9-20-43)54-27-14-26-53-52-21-10-11-28-57(52)63-58(53)54)31-35-50(55)48-24-12-23-47-46(48)22-13-25-49(47)51-36-34-45(38-56(51)62)59(41-15-4-1-5-16-41)42-17-6-2-7-18-42/h1-38,61-62H. The second-order valence-electron chi connectivity index (χ2n) is 15.6. The van der Waals surface area contributed by atoms with Crippen molar-refractivity contribution in [1.29, 1.82) is 0 Å². The fourth-order valence-electron chi connectivity index (χ4n) is 8.92. The number of furan rings is 1. The Bertz CT molecular complexity index is 3380. The predicted molar refractivity (Wildman–Crippen MR) is 260 cm³/mol. The van der Waals surface area contributed by atoms with E-state index in [9.17, 15) is 10.2 Å². The average Bonchev–Trinajstić information content (AvgIpc) is 3.72. The van der Waals surface area contributed by atoms with Gasteiger partial charge in [-0.3, -0.25) is 0 Å². The van der Waals surface area contributed by atoms with Gasteiger partial charge in [-0.2, -0.15) is 0 Å². The van der Waals surface area contributed by atoms with E-state index < -0.39 is 0 Å². The minimum atomic E-state index is 0.180. The molecule has 0 unspecified atom stereocenters. The number of rotatable bonds is 9. The summed E-state index contributed by atoms with van der Waals surface area (Å²) < 4.78 is 6.48. The molecule has 300 valence electrons. The highest BCUT2D eigenvalue weighted by Gasteiger charge is 2.21. The molecule has 2 N–H and O–H groups in total. The van der Waals surface area contributed by atoms with Gasteiger partial charge >= 0.3 is 0 Å². The number of aromatic hydroxyl groups is 2. The highest BCUT2D eigenvalue weighted by atomic mass is 16.3. The number of anilines is 6. The van der Waals surface area contributed by atoms with Crippen molar-refractivity contribution in [2.45, 2.75) is 0 Å². The molecule has 1 aromatic heterocycles. The van der Waals surface area contributed by atoms with Gasteiger partial charge in [0.25, 0.3) is 0 Å². The first-order valence-corrected chi connectivity index (χ1v) is 21.0. The minimum Gasteiger partial charge on any atom is -0.507 e. The Labute approximate surface area is 365 Å². The van der Waals surface area contributed by atoms with Crippen LogP contribution in [0.2, 0.25) is 0 Å². The summed E-state index contributed by atoms with van der Waals surface area (Å²) in [6.07, 6.45) is 0. The molecule has 5 nitrogen and oxygen atoms in total. The minimum absolute atomic E-state index is 0.180. The van der Waals surface area contributed by atoms with E-state index in [4.69, 9.17) is 4.42 Å². The fourth-order valence-corrected chi connectivity index (χ4v) is 8.92. The summed E-state index contributed by atoms with van der Waals surface area (Å²) in [7, 11) is 0. The van der Waals surface area contributed by atoms with Crippen LogP contribution in [0.4, 0.5) is 34.1 Å². The number of benzene rings is 10. The summed E-state index contributed by atoms with van der Waals surface area (Å²) in [5.74, 6) is 0.366. The summed E-state index contributed by atoms with van der Waals surface area (Å²) >= 11 is 0. The van der Waals surface area contributed by atoms with Gasteiger partial charge in [0, 0.05) is 56.4 Å². The first-order valence-electron chi connectivity index (χ1n) is 21.0. The van der Waals surface area contributed by atoms with Gasteiger partial charge in [0.05, 0.1) is 5.69 Å². The number of hydrogen-bond acceptors (Lipinski definition) is 5. The highest BCUT2D eigenvalue weighted by molar-refractivity contribution is 6.10. The molecule has 0 fully saturated rings. The van der Waals surface area contributed by atoms with E-state index in [0.717, 1.165) is 100 Å². The summed E-state index contributed by atoms with van der Waals surface area (Å²) in [6, 6.07) is 77.5. The Kier molecular flexibility index (Phi) is 9.40. The van der Waals surface area contributed by atoms with Gasteiger partial charge in [-0.25, -0.2) is 0 Å². The summed E-state index contributed by atoms with van der Waals surface area (Å²) in [6.45, 7) is 0. The monoisotopic (exact) mass is 812 g/mol. The Balaban J connectivity index is 0.918. The van der Waals surface area contributed by atoms with Gasteiger partial charge in [-0.05, 0) is 112 Å². The molecule has 0 aliphatic heterocycles. The van der Waals surface area contributed by atoms with E-state index in [1.54, 1.807) is 0 Å². The van der Waals surface area contributed by atoms with Crippen molar-refractivity contribution in [1.82, 2.24) is 0 Å². The molecule has 5 heteroatoms. The molecule has 0 bridgehead atoms. The number of para-hydroxylation sites is 5. The molecule has 0 radical (unpaired) electrons. The van der Waals surface area contributed by atoms with Crippen LogP contribution in [0.15, 0.2) is 235 Å². The van der Waals surface area contributed by atoms with Gasteiger partial charge in [0.1, 0.15) is 17.1 Å². The molecule has 63 heavy (non-hydrogen) atoms. The van der Waals surface area contributed by atoms with Crippen molar-refractivity contribution in [3.05, 3.63) is 231 Å². The van der Waals surface area contributed by atoms with Crippen molar-refractivity contribution >= 4 is 66.8 Å². The zero-order valence-corrected chi connectivity index (χ0v) is 34.1. The number of hydrogen-bond donors (Lipinski definition) is 2. The van der Waals surface area contributed by atoms with Gasteiger partial charge in [-0.1, -0.05) is 146 Å². The van der Waals surface area contributed by atoms with E-state index in [1.165, 1.54) is 0 Å². The third kappa shape index (κ3) is 6.78. The molecule has 0 aliphatic rings. The zero-order valence-electron chi connectivity index (χ0n) is 34.1. The van der Waals surface area contributed by atoms with Gasteiger partial charge in [0.2, 0.25) is 0 Å². The zero-order chi connectivity index (χ0) is 42.3. The van der Waals surface area contributed by atoms with Crippen molar-refractivity contribution < 1.29 is 14.6 Å². The molecule has 0 spiro atoms. The lowest BCUT2D eigenvalue weighted by Crippen LogP contribution is -2.10. The molecular formula is C58H40N2O3. The lowest BCUT2D eigenvalue weighted by atomic mass is 9.91. The summed E-state index contributed by atoms with van der Waals surface area (Å²) in [5.41, 5.74) is 12.6. The lowest BCUT2D eigenvalue weighted by molar-refractivity contribution is 0.477. The van der Waals surface area contributed by atoms with Crippen molar-refractivity contribution in [2.75, 3.05) is 9.80 Å². The van der Waals surface area contributed by atoms with E-state index in [1.807, 2.05) is 121 Å². The average molecular weight is 813 g/mol. The number of fused-ring (bicyclic) bond motifs is 4. The Morgan fingerprint density at radius 2 is 0.762 bits per heavy atom. The summed E-state index contributed by atoms with van der Waals surface area (Å²) in [4.78, 5) is 4.36. The van der Waals surface area contributed by atoms with Crippen LogP contribution in [0.25, 0.3) is 66.1 Å². The molecule has 0 aliphatic carbocycles. The lowest BCUT2D eigenvalue weighted by Gasteiger charge is -2.26. The van der Waals surface area contributed by atoms with Crippen LogP contribution in [0.1, 0.15) is 0 Å². The normalized spacial score (nSPS) is 11.3. The highest BCUT2D eigenvalue weighted by Crippen LogP contribution is 2.45. The van der Waals surface area contributed by atoms with Crippen molar-refractivity contribution in [3.63, 3.8) is 0 Å². The van der Waals surface area contributed by atoms with Crippen LogP contribution >= 0.6 is 0 Å². The quantitative estimate of drug-likeness (QED) is 0.152. The van der Waals surface area contributed by atoms with Gasteiger partial charge in [0.15, 0.2) is 5.58 Å². The Morgan fingerprint density at radius 1 is 0.302 bits per heavy atom. The Hall–Kier alpha value is -8.54. The van der Waals surface area contributed by atoms with E-state index in [0.29, 0.717) is 0 Å². The third-order valence-electron chi connectivity index (χ3n) is 11.9. The topological polar surface area (TPSA) is 60.1 Å². The summed E-state index contributed by atoms with van der Waals surface area (Å²) in [5, 5.41) is 27.5.